The number of hydrogen-bond acceptors (Lipinski definition) is 2. The summed E-state index contributed by atoms with van der Waals surface area (Å²) in [6.07, 6.45) is 7.53. The lowest BCUT2D eigenvalue weighted by atomic mass is 10.1. The van der Waals surface area contributed by atoms with E-state index in [0.29, 0.717) is 22.8 Å². The van der Waals surface area contributed by atoms with Crippen LogP contribution in [0, 0.1) is 0 Å². The number of carbonyl (C=O) groups excluding carboxylic acids is 1. The molecule has 1 rings (SSSR count). The van der Waals surface area contributed by atoms with Gasteiger partial charge in [0.2, 0.25) is 5.91 Å². The highest BCUT2D eigenvalue weighted by Crippen LogP contribution is 2.27. The van der Waals surface area contributed by atoms with Crippen molar-refractivity contribution < 1.29 is 4.79 Å². The Bertz CT molecular complexity index is 387. The fraction of sp³-hybridized carbons (Fsp3) is 0.533. The van der Waals surface area contributed by atoms with Gasteiger partial charge in [-0.25, -0.2) is 0 Å². The van der Waals surface area contributed by atoms with Crippen LogP contribution in [-0.4, -0.2) is 5.91 Å². The van der Waals surface area contributed by atoms with Crippen molar-refractivity contribution in [3.8, 4) is 0 Å². The average molecular weight is 283 g/mol. The number of nitrogens with two attached hydrogens (primary N) is 1. The molecule has 19 heavy (non-hydrogen) atoms. The maximum atomic E-state index is 11.8. The Morgan fingerprint density at radius 3 is 2.58 bits per heavy atom. The number of hydrogen-bond donors (Lipinski definition) is 2. The quantitative estimate of drug-likeness (QED) is 0.540. The number of unbranched alkanes of at least 4 members (excludes halogenated alkanes) is 5. The van der Waals surface area contributed by atoms with Crippen molar-refractivity contribution in [2.24, 2.45) is 0 Å². The zero-order valence-corrected chi connectivity index (χ0v) is 12.3. The second-order valence-corrected chi connectivity index (χ2v) is 5.18. The molecule has 0 spiro atoms. The van der Waals surface area contributed by atoms with Crippen LogP contribution < -0.4 is 11.1 Å². The largest absolute Gasteiger partial charge is 0.397 e. The van der Waals surface area contributed by atoms with Crippen LogP contribution in [0.4, 0.5) is 11.4 Å². The van der Waals surface area contributed by atoms with Crippen molar-refractivity contribution in [2.45, 2.75) is 51.9 Å². The van der Waals surface area contributed by atoms with E-state index >= 15 is 0 Å². The van der Waals surface area contributed by atoms with E-state index in [-0.39, 0.29) is 5.91 Å². The fourth-order valence-corrected chi connectivity index (χ4v) is 2.17. The summed E-state index contributed by atoms with van der Waals surface area (Å²) in [7, 11) is 0. The fourth-order valence-electron chi connectivity index (χ4n) is 1.94. The highest BCUT2D eigenvalue weighted by molar-refractivity contribution is 6.34. The van der Waals surface area contributed by atoms with Crippen LogP contribution in [0.3, 0.4) is 0 Å². The zero-order valence-electron chi connectivity index (χ0n) is 11.5. The van der Waals surface area contributed by atoms with Gasteiger partial charge in [0, 0.05) is 6.42 Å². The molecule has 0 unspecified atom stereocenters. The second-order valence-electron chi connectivity index (χ2n) is 4.77. The first kappa shape index (κ1) is 15.8. The molecule has 0 saturated carbocycles. The molecule has 3 N–H and O–H groups in total. The summed E-state index contributed by atoms with van der Waals surface area (Å²) in [6, 6.07) is 5.21. The molecule has 0 heterocycles. The van der Waals surface area contributed by atoms with Crippen LogP contribution in [0.25, 0.3) is 0 Å². The van der Waals surface area contributed by atoms with Gasteiger partial charge >= 0.3 is 0 Å². The molecule has 3 nitrogen and oxygen atoms in total. The normalized spacial score (nSPS) is 10.4. The molecule has 0 aromatic heterocycles. The minimum absolute atomic E-state index is 0.0182. The van der Waals surface area contributed by atoms with Gasteiger partial charge < -0.3 is 11.1 Å². The topological polar surface area (TPSA) is 55.1 Å². The Kier molecular flexibility index (Phi) is 7.34. The van der Waals surface area contributed by atoms with E-state index in [1.165, 1.54) is 25.7 Å². The molecule has 1 aromatic rings. The monoisotopic (exact) mass is 282 g/mol. The highest BCUT2D eigenvalue weighted by Gasteiger charge is 2.08. The van der Waals surface area contributed by atoms with Crippen molar-refractivity contribution in [1.82, 2.24) is 0 Å². The van der Waals surface area contributed by atoms with Gasteiger partial charge in [0.1, 0.15) is 0 Å². The van der Waals surface area contributed by atoms with Crippen molar-refractivity contribution in [3.05, 3.63) is 23.2 Å². The van der Waals surface area contributed by atoms with Gasteiger partial charge in [0.15, 0.2) is 0 Å². The van der Waals surface area contributed by atoms with E-state index in [2.05, 4.69) is 12.2 Å². The number of nitrogen functional groups attached to an aromatic ring is 1. The van der Waals surface area contributed by atoms with E-state index in [1.807, 2.05) is 0 Å². The van der Waals surface area contributed by atoms with Gasteiger partial charge in [-0.2, -0.15) is 0 Å². The van der Waals surface area contributed by atoms with Gasteiger partial charge in [-0.1, -0.05) is 56.7 Å². The third kappa shape index (κ3) is 5.97. The van der Waals surface area contributed by atoms with Crippen molar-refractivity contribution >= 4 is 28.9 Å². The van der Waals surface area contributed by atoms with E-state index in [1.54, 1.807) is 18.2 Å². The number of carbonyl (C=O) groups is 1. The SMILES string of the molecule is CCCCCCCCC(=O)Nc1c(N)cccc1Cl. The number of rotatable bonds is 8. The van der Waals surface area contributed by atoms with E-state index in [0.717, 1.165) is 12.8 Å². The average Bonchev–Trinajstić information content (AvgIpc) is 2.38. The number of nitrogens with one attached hydrogen (secondary N) is 1. The molecule has 0 aliphatic rings. The summed E-state index contributed by atoms with van der Waals surface area (Å²) in [6.45, 7) is 2.20. The maximum Gasteiger partial charge on any atom is 0.224 e. The summed E-state index contributed by atoms with van der Waals surface area (Å²) < 4.78 is 0. The van der Waals surface area contributed by atoms with Crippen molar-refractivity contribution in [1.29, 1.82) is 0 Å². The molecule has 0 fully saturated rings. The maximum absolute atomic E-state index is 11.8. The van der Waals surface area contributed by atoms with Crippen LogP contribution in [0.5, 0.6) is 0 Å². The van der Waals surface area contributed by atoms with E-state index in [4.69, 9.17) is 17.3 Å². The van der Waals surface area contributed by atoms with Crippen LogP contribution in [0.15, 0.2) is 18.2 Å². The van der Waals surface area contributed by atoms with Gasteiger partial charge in [0.05, 0.1) is 16.4 Å². The van der Waals surface area contributed by atoms with Crippen LogP contribution in [0.1, 0.15) is 51.9 Å². The van der Waals surface area contributed by atoms with E-state index in [9.17, 15) is 4.79 Å². The minimum Gasteiger partial charge on any atom is -0.397 e. The van der Waals surface area contributed by atoms with Gasteiger partial charge in [-0.05, 0) is 18.6 Å². The lowest BCUT2D eigenvalue weighted by Crippen LogP contribution is -2.12. The summed E-state index contributed by atoms with van der Waals surface area (Å²) in [5, 5.41) is 3.27. The summed E-state index contributed by atoms with van der Waals surface area (Å²) in [4.78, 5) is 11.8. The Hall–Kier alpha value is -1.22. The smallest absolute Gasteiger partial charge is 0.224 e. The summed E-state index contributed by atoms with van der Waals surface area (Å²) >= 11 is 6.00. The molecular formula is C15H23ClN2O. The molecule has 0 radical (unpaired) electrons. The molecule has 1 aromatic carbocycles. The number of amides is 1. The predicted molar refractivity (Wildman–Crippen MR) is 82.5 cm³/mol. The molecule has 4 heteroatoms. The molecule has 1 amide bonds. The van der Waals surface area contributed by atoms with Gasteiger partial charge in [-0.3, -0.25) is 4.79 Å². The zero-order chi connectivity index (χ0) is 14.1. The standard InChI is InChI=1S/C15H23ClN2O/c1-2-3-4-5-6-7-11-14(19)18-15-12(16)9-8-10-13(15)17/h8-10H,2-7,11,17H2,1H3,(H,18,19). The Balaban J connectivity index is 2.28. The van der Waals surface area contributed by atoms with Crippen molar-refractivity contribution in [3.63, 3.8) is 0 Å². The lowest BCUT2D eigenvalue weighted by Gasteiger charge is -2.09. The van der Waals surface area contributed by atoms with E-state index < -0.39 is 0 Å². The van der Waals surface area contributed by atoms with Crippen molar-refractivity contribution in [2.75, 3.05) is 11.1 Å². The lowest BCUT2D eigenvalue weighted by molar-refractivity contribution is -0.116. The first-order chi connectivity index (χ1) is 9.15. The Morgan fingerprint density at radius 2 is 1.89 bits per heavy atom. The molecule has 106 valence electrons. The third-order valence-electron chi connectivity index (χ3n) is 3.07. The minimum atomic E-state index is -0.0182. The molecular weight excluding hydrogens is 260 g/mol. The molecule has 0 aliphatic carbocycles. The first-order valence-electron chi connectivity index (χ1n) is 6.99. The number of halogens is 1. The number of anilines is 2. The third-order valence-corrected chi connectivity index (χ3v) is 3.38. The first-order valence-corrected chi connectivity index (χ1v) is 7.36. The molecule has 0 bridgehead atoms. The van der Waals surface area contributed by atoms with Gasteiger partial charge in [0.25, 0.3) is 0 Å². The molecule has 0 saturated heterocycles. The molecule has 0 aliphatic heterocycles. The Labute approximate surface area is 120 Å². The van der Waals surface area contributed by atoms with Crippen LogP contribution in [0.2, 0.25) is 5.02 Å². The predicted octanol–water partition coefficient (Wildman–Crippen LogP) is 4.61. The Morgan fingerprint density at radius 1 is 1.21 bits per heavy atom. The van der Waals surface area contributed by atoms with Crippen LogP contribution >= 0.6 is 11.6 Å². The summed E-state index contributed by atoms with van der Waals surface area (Å²) in [5.41, 5.74) is 6.81. The van der Waals surface area contributed by atoms with Gasteiger partial charge in [-0.15, -0.1) is 0 Å². The van der Waals surface area contributed by atoms with Crippen LogP contribution in [-0.2, 0) is 4.79 Å². The second kappa shape index (κ2) is 8.81. The molecule has 0 atom stereocenters. The number of para-hydroxylation sites is 1. The number of benzene rings is 1. The highest BCUT2D eigenvalue weighted by atomic mass is 35.5. The summed E-state index contributed by atoms with van der Waals surface area (Å²) in [5.74, 6) is -0.0182.